The second-order valence-corrected chi connectivity index (χ2v) is 10.0. The molecule has 36 heavy (non-hydrogen) atoms. The van der Waals surface area contributed by atoms with E-state index in [4.69, 9.17) is 23.2 Å². The number of aromatic nitrogens is 1. The van der Waals surface area contributed by atoms with Crippen LogP contribution in [0, 0.1) is 0 Å². The summed E-state index contributed by atoms with van der Waals surface area (Å²) in [5.74, 6) is 0.0626. The van der Waals surface area contributed by atoms with E-state index in [1.807, 2.05) is 59.5 Å². The molecule has 1 aliphatic heterocycles. The van der Waals surface area contributed by atoms with Crippen LogP contribution in [0.25, 0.3) is 22.2 Å². The standard InChI is InChI=1S/C31H24Cl2N2O/c1-34-27-14-8-7-13-25(27)28(29(34)24-16-15-21(32)19-26(24)33)30-22-11-5-6-12-23(22)31(36)35(30)18-17-20-9-3-2-4-10-20/h2-16,19,30H,17-18H2,1H3/t30-/m0/s1. The van der Waals surface area contributed by atoms with Crippen molar-refractivity contribution in [2.24, 2.45) is 7.05 Å². The van der Waals surface area contributed by atoms with Gasteiger partial charge in [-0.05, 0) is 47.9 Å². The topological polar surface area (TPSA) is 25.2 Å². The maximum absolute atomic E-state index is 13.8. The predicted octanol–water partition coefficient (Wildman–Crippen LogP) is 7.94. The van der Waals surface area contributed by atoms with Crippen molar-refractivity contribution in [3.63, 3.8) is 0 Å². The van der Waals surface area contributed by atoms with E-state index in [-0.39, 0.29) is 11.9 Å². The van der Waals surface area contributed by atoms with E-state index in [2.05, 4.69) is 48.0 Å². The molecule has 2 heterocycles. The van der Waals surface area contributed by atoms with Crippen LogP contribution in [0.1, 0.15) is 33.1 Å². The highest BCUT2D eigenvalue weighted by molar-refractivity contribution is 6.36. The number of carbonyl (C=O) groups is 1. The maximum atomic E-state index is 13.8. The van der Waals surface area contributed by atoms with Crippen LogP contribution in [-0.2, 0) is 13.5 Å². The molecule has 1 atom stereocenters. The lowest BCUT2D eigenvalue weighted by molar-refractivity contribution is 0.0753. The maximum Gasteiger partial charge on any atom is 0.255 e. The summed E-state index contributed by atoms with van der Waals surface area (Å²) in [6.07, 6.45) is 0.777. The van der Waals surface area contributed by atoms with Crippen LogP contribution >= 0.6 is 23.2 Å². The SMILES string of the molecule is Cn1c(-c2ccc(Cl)cc2Cl)c([C@@H]2c3ccccc3C(=O)N2CCc2ccccc2)c2ccccc21. The predicted molar refractivity (Wildman–Crippen MR) is 148 cm³/mol. The smallest absolute Gasteiger partial charge is 0.255 e. The lowest BCUT2D eigenvalue weighted by atomic mass is 9.93. The number of hydrogen-bond acceptors (Lipinski definition) is 1. The molecular formula is C31H24Cl2N2O. The summed E-state index contributed by atoms with van der Waals surface area (Å²) in [5, 5.41) is 2.29. The molecule has 0 unspecified atom stereocenters. The minimum absolute atomic E-state index is 0.0626. The van der Waals surface area contributed by atoms with Crippen molar-refractivity contribution in [2.75, 3.05) is 6.54 Å². The van der Waals surface area contributed by atoms with E-state index in [1.54, 1.807) is 6.07 Å². The Kier molecular flexibility index (Phi) is 5.83. The zero-order chi connectivity index (χ0) is 24.8. The van der Waals surface area contributed by atoms with Gasteiger partial charge in [-0.3, -0.25) is 4.79 Å². The number of rotatable bonds is 5. The van der Waals surface area contributed by atoms with Crippen molar-refractivity contribution >= 4 is 40.0 Å². The van der Waals surface area contributed by atoms with Crippen LogP contribution in [0.3, 0.4) is 0 Å². The molecule has 0 radical (unpaired) electrons. The average molecular weight is 511 g/mol. The Morgan fingerprint density at radius 1 is 0.806 bits per heavy atom. The molecule has 1 aliphatic rings. The van der Waals surface area contributed by atoms with E-state index in [0.29, 0.717) is 16.6 Å². The van der Waals surface area contributed by atoms with Crippen molar-refractivity contribution < 1.29 is 4.79 Å². The minimum Gasteiger partial charge on any atom is -0.343 e. The molecule has 3 nitrogen and oxygen atoms in total. The van der Waals surface area contributed by atoms with Gasteiger partial charge in [-0.25, -0.2) is 0 Å². The molecule has 0 saturated heterocycles. The van der Waals surface area contributed by atoms with Gasteiger partial charge in [0.05, 0.1) is 16.8 Å². The third kappa shape index (κ3) is 3.71. The van der Waals surface area contributed by atoms with Crippen molar-refractivity contribution in [3.8, 4) is 11.3 Å². The molecule has 0 N–H and O–H groups in total. The highest BCUT2D eigenvalue weighted by atomic mass is 35.5. The molecule has 5 aromatic rings. The molecule has 0 bridgehead atoms. The third-order valence-corrected chi connectivity index (χ3v) is 7.70. The zero-order valence-corrected chi connectivity index (χ0v) is 21.3. The van der Waals surface area contributed by atoms with Crippen LogP contribution in [0.2, 0.25) is 10.0 Å². The molecule has 0 fully saturated rings. The Bertz CT molecular complexity index is 1610. The van der Waals surface area contributed by atoms with Crippen molar-refractivity contribution in [1.82, 2.24) is 9.47 Å². The van der Waals surface area contributed by atoms with Gasteiger partial charge in [-0.2, -0.15) is 0 Å². The number of carbonyl (C=O) groups excluding carboxylic acids is 1. The third-order valence-electron chi connectivity index (χ3n) is 7.15. The van der Waals surface area contributed by atoms with Crippen LogP contribution in [-0.4, -0.2) is 21.9 Å². The molecule has 0 aliphatic carbocycles. The van der Waals surface area contributed by atoms with Gasteiger partial charge in [0.15, 0.2) is 0 Å². The molecule has 178 valence electrons. The van der Waals surface area contributed by atoms with Crippen molar-refractivity contribution in [3.05, 3.63) is 129 Å². The lowest BCUT2D eigenvalue weighted by Gasteiger charge is -2.27. The molecular weight excluding hydrogens is 487 g/mol. The number of nitrogens with zero attached hydrogens (tertiary/aromatic N) is 2. The minimum atomic E-state index is -0.231. The summed E-state index contributed by atoms with van der Waals surface area (Å²) >= 11 is 13.0. The Morgan fingerprint density at radius 3 is 2.33 bits per heavy atom. The zero-order valence-electron chi connectivity index (χ0n) is 19.8. The van der Waals surface area contributed by atoms with E-state index in [9.17, 15) is 4.79 Å². The molecule has 1 amide bonds. The van der Waals surface area contributed by atoms with Gasteiger partial charge < -0.3 is 9.47 Å². The molecule has 0 spiro atoms. The first kappa shape index (κ1) is 22.9. The van der Waals surface area contributed by atoms with E-state index >= 15 is 0 Å². The number of fused-ring (bicyclic) bond motifs is 2. The number of benzene rings is 4. The highest BCUT2D eigenvalue weighted by Gasteiger charge is 2.40. The van der Waals surface area contributed by atoms with Gasteiger partial charge in [0.1, 0.15) is 0 Å². The summed E-state index contributed by atoms with van der Waals surface area (Å²) in [5.41, 5.74) is 7.07. The summed E-state index contributed by atoms with van der Waals surface area (Å²) in [4.78, 5) is 15.8. The van der Waals surface area contributed by atoms with Gasteiger partial charge >= 0.3 is 0 Å². The van der Waals surface area contributed by atoms with E-state index < -0.39 is 0 Å². The largest absolute Gasteiger partial charge is 0.343 e. The highest BCUT2D eigenvalue weighted by Crippen LogP contribution is 2.47. The monoisotopic (exact) mass is 510 g/mol. The van der Waals surface area contributed by atoms with Crippen LogP contribution in [0.4, 0.5) is 0 Å². The van der Waals surface area contributed by atoms with Crippen LogP contribution in [0.5, 0.6) is 0 Å². The second-order valence-electron chi connectivity index (χ2n) is 9.19. The van der Waals surface area contributed by atoms with E-state index in [0.717, 1.165) is 45.3 Å². The second kappa shape index (κ2) is 9.16. The summed E-state index contributed by atoms with van der Waals surface area (Å²) in [6, 6.07) is 32.0. The number of hydrogen-bond donors (Lipinski definition) is 0. The summed E-state index contributed by atoms with van der Waals surface area (Å²) < 4.78 is 2.18. The first-order valence-corrected chi connectivity index (χ1v) is 12.8. The molecule has 4 aromatic carbocycles. The van der Waals surface area contributed by atoms with Gasteiger partial charge in [-0.15, -0.1) is 0 Å². The van der Waals surface area contributed by atoms with Crippen LogP contribution < -0.4 is 0 Å². The first-order chi connectivity index (χ1) is 17.5. The molecule has 1 aromatic heterocycles. The quantitative estimate of drug-likeness (QED) is 0.235. The Hall–Kier alpha value is -3.53. The average Bonchev–Trinajstić information content (AvgIpc) is 3.34. The van der Waals surface area contributed by atoms with Gasteiger partial charge in [0.2, 0.25) is 0 Å². The fraction of sp³-hybridized carbons (Fsp3) is 0.129. The summed E-state index contributed by atoms with van der Waals surface area (Å²) in [6.45, 7) is 0.610. The van der Waals surface area contributed by atoms with Crippen molar-refractivity contribution in [2.45, 2.75) is 12.5 Å². The normalized spacial score (nSPS) is 15.0. The van der Waals surface area contributed by atoms with Crippen LogP contribution in [0.15, 0.2) is 97.1 Å². The van der Waals surface area contributed by atoms with Gasteiger partial charge in [-0.1, -0.05) is 89.9 Å². The number of para-hydroxylation sites is 1. The fourth-order valence-electron chi connectivity index (χ4n) is 5.51. The molecule has 6 rings (SSSR count). The number of aryl methyl sites for hydroxylation is 1. The summed E-state index contributed by atoms with van der Waals surface area (Å²) in [7, 11) is 2.06. The first-order valence-electron chi connectivity index (χ1n) is 12.0. The molecule has 0 saturated carbocycles. The Balaban J connectivity index is 1.59. The number of amides is 1. The number of halogens is 2. The van der Waals surface area contributed by atoms with Gasteiger partial charge in [0.25, 0.3) is 5.91 Å². The Labute approximate surface area is 220 Å². The molecule has 5 heteroatoms. The lowest BCUT2D eigenvalue weighted by Crippen LogP contribution is -2.31. The van der Waals surface area contributed by atoms with E-state index in [1.165, 1.54) is 5.56 Å². The Morgan fingerprint density at radius 2 is 1.53 bits per heavy atom. The van der Waals surface area contributed by atoms with Gasteiger partial charge in [0, 0.05) is 46.2 Å². The fourth-order valence-corrected chi connectivity index (χ4v) is 6.01. The van der Waals surface area contributed by atoms with Crippen molar-refractivity contribution in [1.29, 1.82) is 0 Å².